The molecule has 116 valence electrons. The molecule has 2 rings (SSSR count). The summed E-state index contributed by atoms with van der Waals surface area (Å²) in [5, 5.41) is 2.26. The Kier molecular flexibility index (Phi) is 5.95. The lowest BCUT2D eigenvalue weighted by atomic mass is 10.1. The molecule has 0 atom stereocenters. The lowest BCUT2D eigenvalue weighted by Gasteiger charge is -2.06. The lowest BCUT2D eigenvalue weighted by molar-refractivity contribution is -0.151. The van der Waals surface area contributed by atoms with Crippen LogP contribution in [0.2, 0.25) is 0 Å². The van der Waals surface area contributed by atoms with Crippen LogP contribution >= 0.6 is 0 Å². The van der Waals surface area contributed by atoms with Gasteiger partial charge in [0.05, 0.1) is 19.4 Å². The lowest BCUT2D eigenvalue weighted by Crippen LogP contribution is -2.10. The summed E-state index contributed by atoms with van der Waals surface area (Å²) >= 11 is 0. The van der Waals surface area contributed by atoms with Crippen LogP contribution in [0.3, 0.4) is 0 Å². The fourth-order valence-electron chi connectivity index (χ4n) is 2.06. The maximum absolute atomic E-state index is 11.6. The van der Waals surface area contributed by atoms with Crippen molar-refractivity contribution < 1.29 is 19.1 Å². The summed E-state index contributed by atoms with van der Waals surface area (Å²) in [4.78, 5) is 22.9. The second kappa shape index (κ2) is 8.17. The van der Waals surface area contributed by atoms with Crippen molar-refractivity contribution in [2.24, 2.45) is 0 Å². The Balaban J connectivity index is 1.78. The molecular formula is C18H20O4. The van der Waals surface area contributed by atoms with E-state index in [1.807, 2.05) is 49.4 Å². The first-order chi connectivity index (χ1) is 10.7. The summed E-state index contributed by atoms with van der Waals surface area (Å²) in [7, 11) is 0. The molecule has 0 unspecified atom stereocenters. The molecule has 0 aliphatic rings. The van der Waals surface area contributed by atoms with Gasteiger partial charge in [-0.15, -0.1) is 0 Å². The Bertz CT molecular complexity index is 648. The van der Waals surface area contributed by atoms with Crippen molar-refractivity contribution in [3.05, 3.63) is 48.0 Å². The van der Waals surface area contributed by atoms with Crippen LogP contribution in [0.4, 0.5) is 0 Å². The average Bonchev–Trinajstić information content (AvgIpc) is 2.56. The molecule has 0 heterocycles. The molecule has 4 heteroatoms. The topological polar surface area (TPSA) is 52.6 Å². The molecular weight excluding hydrogens is 280 g/mol. The molecule has 0 N–H and O–H groups in total. The third kappa shape index (κ3) is 4.88. The van der Waals surface area contributed by atoms with Crippen LogP contribution in [0.15, 0.2) is 42.5 Å². The van der Waals surface area contributed by atoms with Crippen molar-refractivity contribution in [3.8, 4) is 0 Å². The first kappa shape index (κ1) is 16.0. The normalized spacial score (nSPS) is 10.4. The van der Waals surface area contributed by atoms with Crippen molar-refractivity contribution in [2.75, 3.05) is 6.61 Å². The Morgan fingerprint density at radius 1 is 0.909 bits per heavy atom. The number of hydrogen-bond acceptors (Lipinski definition) is 4. The van der Waals surface area contributed by atoms with Crippen LogP contribution in [-0.2, 0) is 25.7 Å². The van der Waals surface area contributed by atoms with E-state index in [9.17, 15) is 9.59 Å². The van der Waals surface area contributed by atoms with E-state index in [0.29, 0.717) is 6.61 Å². The van der Waals surface area contributed by atoms with Gasteiger partial charge in [0.1, 0.15) is 6.61 Å². The van der Waals surface area contributed by atoms with Gasteiger partial charge in [0.2, 0.25) is 0 Å². The number of hydrogen-bond donors (Lipinski definition) is 0. The van der Waals surface area contributed by atoms with Crippen molar-refractivity contribution in [1.82, 2.24) is 0 Å². The van der Waals surface area contributed by atoms with Gasteiger partial charge < -0.3 is 9.47 Å². The largest absolute Gasteiger partial charge is 0.466 e. The predicted molar refractivity (Wildman–Crippen MR) is 84.2 cm³/mol. The van der Waals surface area contributed by atoms with Gasteiger partial charge >= 0.3 is 11.9 Å². The van der Waals surface area contributed by atoms with Crippen LogP contribution in [0, 0.1) is 0 Å². The van der Waals surface area contributed by atoms with E-state index in [0.717, 1.165) is 22.8 Å². The summed E-state index contributed by atoms with van der Waals surface area (Å²) in [6.07, 6.45) is 0.894. The van der Waals surface area contributed by atoms with Gasteiger partial charge in [0.15, 0.2) is 0 Å². The minimum absolute atomic E-state index is 0.0517. The highest BCUT2D eigenvalue weighted by Gasteiger charge is 2.09. The molecule has 0 aliphatic carbocycles. The van der Waals surface area contributed by atoms with Gasteiger partial charge in [-0.25, -0.2) is 0 Å². The van der Waals surface area contributed by atoms with Crippen LogP contribution in [-0.4, -0.2) is 18.5 Å². The Labute approximate surface area is 130 Å². The number of fused-ring (bicyclic) bond motifs is 1. The highest BCUT2D eigenvalue weighted by Crippen LogP contribution is 2.16. The fraction of sp³-hybridized carbons (Fsp3) is 0.333. The summed E-state index contributed by atoms with van der Waals surface area (Å²) in [6.45, 7) is 2.53. The van der Waals surface area contributed by atoms with E-state index in [1.54, 1.807) is 0 Å². The van der Waals surface area contributed by atoms with E-state index in [-0.39, 0.29) is 31.4 Å². The third-order valence-corrected chi connectivity index (χ3v) is 3.21. The zero-order valence-corrected chi connectivity index (χ0v) is 12.7. The minimum Gasteiger partial charge on any atom is -0.466 e. The minimum atomic E-state index is -0.387. The van der Waals surface area contributed by atoms with E-state index in [4.69, 9.17) is 9.47 Å². The molecule has 2 aromatic rings. The number of ether oxygens (including phenoxy) is 2. The number of rotatable bonds is 7. The summed E-state index contributed by atoms with van der Waals surface area (Å²) < 4.78 is 10.1. The molecule has 0 aromatic heterocycles. The molecule has 0 aliphatic heterocycles. The smallest absolute Gasteiger partial charge is 0.306 e. The van der Waals surface area contributed by atoms with E-state index < -0.39 is 0 Å². The molecule has 2 aromatic carbocycles. The van der Waals surface area contributed by atoms with Crippen molar-refractivity contribution in [2.45, 2.75) is 32.8 Å². The van der Waals surface area contributed by atoms with E-state index >= 15 is 0 Å². The standard InChI is InChI=1S/C18H20O4/c1-2-11-21-17(19)9-10-18(20)22-13-14-7-8-15-5-3-4-6-16(15)12-14/h3-8,12H,2,9-11,13H2,1H3. The summed E-state index contributed by atoms with van der Waals surface area (Å²) in [5.74, 6) is -0.744. The maximum atomic E-state index is 11.6. The number of benzene rings is 2. The van der Waals surface area contributed by atoms with Crippen LogP contribution in [0.25, 0.3) is 10.8 Å². The quantitative estimate of drug-likeness (QED) is 0.733. The number of carbonyl (C=O) groups excluding carboxylic acids is 2. The zero-order valence-electron chi connectivity index (χ0n) is 12.7. The second-order valence-corrected chi connectivity index (χ2v) is 5.06. The van der Waals surface area contributed by atoms with Gasteiger partial charge in [0.25, 0.3) is 0 Å². The summed E-state index contributed by atoms with van der Waals surface area (Å²) in [6, 6.07) is 13.9. The first-order valence-electron chi connectivity index (χ1n) is 7.48. The average molecular weight is 300 g/mol. The predicted octanol–water partition coefficient (Wildman–Crippen LogP) is 3.62. The molecule has 0 spiro atoms. The number of esters is 2. The first-order valence-corrected chi connectivity index (χ1v) is 7.48. The van der Waals surface area contributed by atoms with Crippen LogP contribution in [0.5, 0.6) is 0 Å². The molecule has 0 saturated carbocycles. The monoisotopic (exact) mass is 300 g/mol. The van der Waals surface area contributed by atoms with Gasteiger partial charge in [-0.1, -0.05) is 43.3 Å². The van der Waals surface area contributed by atoms with Crippen molar-refractivity contribution in [1.29, 1.82) is 0 Å². The molecule has 0 amide bonds. The molecule has 0 fully saturated rings. The Morgan fingerprint density at radius 3 is 2.32 bits per heavy atom. The highest BCUT2D eigenvalue weighted by molar-refractivity contribution is 5.83. The molecule has 4 nitrogen and oxygen atoms in total. The molecule has 0 saturated heterocycles. The molecule has 0 bridgehead atoms. The second-order valence-electron chi connectivity index (χ2n) is 5.06. The SMILES string of the molecule is CCCOC(=O)CCC(=O)OCc1ccc2ccccc2c1. The van der Waals surface area contributed by atoms with Gasteiger partial charge in [-0.2, -0.15) is 0 Å². The number of carbonyl (C=O) groups is 2. The maximum Gasteiger partial charge on any atom is 0.306 e. The molecule has 22 heavy (non-hydrogen) atoms. The third-order valence-electron chi connectivity index (χ3n) is 3.21. The summed E-state index contributed by atoms with van der Waals surface area (Å²) in [5.41, 5.74) is 0.931. The van der Waals surface area contributed by atoms with Crippen LogP contribution in [0.1, 0.15) is 31.7 Å². The van der Waals surface area contributed by atoms with Gasteiger partial charge in [-0.3, -0.25) is 9.59 Å². The Morgan fingerprint density at radius 2 is 1.59 bits per heavy atom. The van der Waals surface area contributed by atoms with Gasteiger partial charge in [-0.05, 0) is 28.8 Å². The zero-order chi connectivity index (χ0) is 15.8. The van der Waals surface area contributed by atoms with E-state index in [2.05, 4.69) is 0 Å². The Hall–Kier alpha value is -2.36. The van der Waals surface area contributed by atoms with Crippen LogP contribution < -0.4 is 0 Å². The molecule has 0 radical (unpaired) electrons. The van der Waals surface area contributed by atoms with E-state index in [1.165, 1.54) is 0 Å². The highest BCUT2D eigenvalue weighted by atomic mass is 16.5. The van der Waals surface area contributed by atoms with Gasteiger partial charge in [0, 0.05) is 0 Å². The van der Waals surface area contributed by atoms with Crippen molar-refractivity contribution >= 4 is 22.7 Å². The fourth-order valence-corrected chi connectivity index (χ4v) is 2.06. The van der Waals surface area contributed by atoms with Crippen molar-refractivity contribution in [3.63, 3.8) is 0 Å².